The molecule has 180 valence electrons. The molecule has 5 heteroatoms. The molecule has 0 N–H and O–H groups in total. The largest absolute Gasteiger partial charge is 0.329 e. The minimum Gasteiger partial charge on any atom is -0.329 e. The first-order chi connectivity index (χ1) is 16.8. The summed E-state index contributed by atoms with van der Waals surface area (Å²) in [5, 5.41) is 0.562. The Kier molecular flexibility index (Phi) is 7.15. The van der Waals surface area contributed by atoms with Gasteiger partial charge >= 0.3 is 0 Å². The molecule has 1 amide bonds. The van der Waals surface area contributed by atoms with E-state index in [-0.39, 0.29) is 11.5 Å². The summed E-state index contributed by atoms with van der Waals surface area (Å²) in [5.74, 6) is 0.932. The number of aromatic nitrogens is 2. The lowest BCUT2D eigenvalue weighted by Crippen LogP contribution is -2.38. The van der Waals surface area contributed by atoms with Crippen molar-refractivity contribution in [2.45, 2.75) is 47.1 Å². The normalized spacial score (nSPS) is 12.2. The van der Waals surface area contributed by atoms with Crippen LogP contribution in [0.15, 0.2) is 77.6 Å². The topological polar surface area (TPSA) is 55.2 Å². The molecule has 35 heavy (non-hydrogen) atoms. The van der Waals surface area contributed by atoms with Crippen molar-refractivity contribution in [3.63, 3.8) is 0 Å². The third-order valence-corrected chi connectivity index (χ3v) is 6.46. The van der Waals surface area contributed by atoms with E-state index in [9.17, 15) is 9.59 Å². The highest BCUT2D eigenvalue weighted by atomic mass is 16.2. The zero-order valence-electron chi connectivity index (χ0n) is 21.2. The lowest BCUT2D eigenvalue weighted by molar-refractivity contribution is 0.0671. The van der Waals surface area contributed by atoms with Gasteiger partial charge in [0.25, 0.3) is 11.5 Å². The molecule has 0 bridgehead atoms. The molecule has 5 nitrogen and oxygen atoms in total. The average Bonchev–Trinajstić information content (AvgIpc) is 2.85. The molecule has 0 saturated heterocycles. The maximum Gasteiger partial charge on any atom is 0.266 e. The lowest BCUT2D eigenvalue weighted by atomic mass is 10.1. The second kappa shape index (κ2) is 10.3. The van der Waals surface area contributed by atoms with E-state index >= 15 is 0 Å². The molecular formula is C30H33N3O2. The Hall–Kier alpha value is -3.73. The van der Waals surface area contributed by atoms with Crippen molar-refractivity contribution in [2.24, 2.45) is 5.92 Å². The quantitative estimate of drug-likeness (QED) is 0.323. The van der Waals surface area contributed by atoms with Crippen LogP contribution >= 0.6 is 0 Å². The van der Waals surface area contributed by atoms with E-state index in [1.54, 1.807) is 4.57 Å². The molecule has 1 unspecified atom stereocenters. The molecule has 0 aliphatic heterocycles. The summed E-state index contributed by atoms with van der Waals surface area (Å²) in [6, 6.07) is 22.4. The molecule has 0 saturated carbocycles. The number of aryl methyl sites for hydroxylation is 2. The maximum atomic E-state index is 13.8. The summed E-state index contributed by atoms with van der Waals surface area (Å²) < 4.78 is 1.70. The second-order valence-corrected chi connectivity index (χ2v) is 9.64. The van der Waals surface area contributed by atoms with Gasteiger partial charge in [0.1, 0.15) is 5.82 Å². The number of hydrogen-bond donors (Lipinski definition) is 0. The monoisotopic (exact) mass is 467 g/mol. The van der Waals surface area contributed by atoms with Crippen molar-refractivity contribution >= 4 is 16.8 Å². The molecule has 1 aromatic heterocycles. The molecule has 3 aromatic carbocycles. The van der Waals surface area contributed by atoms with Gasteiger partial charge in [-0.1, -0.05) is 61.9 Å². The predicted octanol–water partition coefficient (Wildman–Crippen LogP) is 6.25. The van der Waals surface area contributed by atoms with Crippen molar-refractivity contribution in [1.29, 1.82) is 0 Å². The van der Waals surface area contributed by atoms with Gasteiger partial charge in [-0.25, -0.2) is 4.98 Å². The summed E-state index contributed by atoms with van der Waals surface area (Å²) in [7, 11) is 0. The van der Waals surface area contributed by atoms with Crippen LogP contribution in [-0.4, -0.2) is 26.9 Å². The minimum atomic E-state index is -0.417. The first kappa shape index (κ1) is 24.4. The number of para-hydroxylation sites is 1. The molecule has 1 atom stereocenters. The van der Waals surface area contributed by atoms with Gasteiger partial charge in [-0.3, -0.25) is 14.2 Å². The van der Waals surface area contributed by atoms with E-state index in [4.69, 9.17) is 4.98 Å². The number of benzene rings is 3. The van der Waals surface area contributed by atoms with Crippen LogP contribution in [0.25, 0.3) is 16.6 Å². The van der Waals surface area contributed by atoms with Crippen LogP contribution in [0.4, 0.5) is 0 Å². The van der Waals surface area contributed by atoms with E-state index in [1.807, 2.05) is 92.4 Å². The number of rotatable bonds is 7. The Balaban J connectivity index is 1.93. The van der Waals surface area contributed by atoms with Gasteiger partial charge in [0.2, 0.25) is 0 Å². The molecular weight excluding hydrogens is 434 g/mol. The molecule has 0 aliphatic rings. The minimum absolute atomic E-state index is 0.0617. The van der Waals surface area contributed by atoms with Crippen LogP contribution in [0, 0.1) is 19.8 Å². The fourth-order valence-corrected chi connectivity index (χ4v) is 4.47. The summed E-state index contributed by atoms with van der Waals surface area (Å²) >= 11 is 0. The number of carbonyl (C=O) groups excluding carboxylic acids is 1. The van der Waals surface area contributed by atoms with Crippen molar-refractivity contribution in [3.05, 3.63) is 106 Å². The van der Waals surface area contributed by atoms with E-state index in [0.29, 0.717) is 34.8 Å². The fraction of sp³-hybridized carbons (Fsp3) is 0.300. The Morgan fingerprint density at radius 3 is 2.31 bits per heavy atom. The number of amides is 1. The first-order valence-electron chi connectivity index (χ1n) is 12.2. The van der Waals surface area contributed by atoms with Gasteiger partial charge < -0.3 is 4.90 Å². The third-order valence-electron chi connectivity index (χ3n) is 6.46. The fourth-order valence-electron chi connectivity index (χ4n) is 4.47. The number of carbonyl (C=O) groups is 1. The zero-order chi connectivity index (χ0) is 25.1. The van der Waals surface area contributed by atoms with Crippen LogP contribution in [0.1, 0.15) is 60.5 Å². The van der Waals surface area contributed by atoms with Gasteiger partial charge in [-0.05, 0) is 69.0 Å². The Labute approximate surface area is 207 Å². The highest BCUT2D eigenvalue weighted by molar-refractivity contribution is 5.94. The smallest absolute Gasteiger partial charge is 0.266 e. The summed E-state index contributed by atoms with van der Waals surface area (Å²) in [5.41, 5.74) is 4.04. The van der Waals surface area contributed by atoms with Crippen LogP contribution in [0.3, 0.4) is 0 Å². The van der Waals surface area contributed by atoms with Gasteiger partial charge in [0, 0.05) is 12.1 Å². The first-order valence-corrected chi connectivity index (χ1v) is 12.2. The van der Waals surface area contributed by atoms with E-state index in [2.05, 4.69) is 19.9 Å². The van der Waals surface area contributed by atoms with Crippen LogP contribution in [0.5, 0.6) is 0 Å². The van der Waals surface area contributed by atoms with Gasteiger partial charge in [-0.2, -0.15) is 0 Å². The van der Waals surface area contributed by atoms with Gasteiger partial charge in [0.05, 0.1) is 22.6 Å². The summed E-state index contributed by atoms with van der Waals surface area (Å²) in [6.07, 6.45) is 0.851. The molecule has 0 aliphatic carbocycles. The zero-order valence-corrected chi connectivity index (χ0v) is 21.2. The van der Waals surface area contributed by atoms with Gasteiger partial charge in [0.15, 0.2) is 0 Å². The Morgan fingerprint density at radius 2 is 1.63 bits per heavy atom. The summed E-state index contributed by atoms with van der Waals surface area (Å²) in [4.78, 5) is 34.4. The molecule has 4 rings (SSSR count). The Morgan fingerprint density at radius 1 is 0.943 bits per heavy atom. The van der Waals surface area contributed by atoms with E-state index < -0.39 is 6.04 Å². The maximum absolute atomic E-state index is 13.8. The van der Waals surface area contributed by atoms with E-state index in [0.717, 1.165) is 23.2 Å². The average molecular weight is 468 g/mol. The van der Waals surface area contributed by atoms with Crippen molar-refractivity contribution in [3.8, 4) is 5.69 Å². The molecule has 0 radical (unpaired) electrons. The SMILES string of the molecule is Cc1ccc(-n2c(C(C)N(CCC(C)C)C(=O)c3ccccc3)nc3ccccc3c2=O)c(C)c1. The Bertz CT molecular complexity index is 1410. The lowest BCUT2D eigenvalue weighted by Gasteiger charge is -2.31. The van der Waals surface area contributed by atoms with Crippen LogP contribution in [-0.2, 0) is 0 Å². The molecule has 0 spiro atoms. The predicted molar refractivity (Wildman–Crippen MR) is 142 cm³/mol. The second-order valence-electron chi connectivity index (χ2n) is 9.64. The molecule has 0 fully saturated rings. The van der Waals surface area contributed by atoms with Crippen molar-refractivity contribution in [1.82, 2.24) is 14.5 Å². The molecule has 4 aromatic rings. The number of fused-ring (bicyclic) bond motifs is 1. The van der Waals surface area contributed by atoms with Crippen LogP contribution < -0.4 is 5.56 Å². The van der Waals surface area contributed by atoms with Crippen LogP contribution in [0.2, 0.25) is 0 Å². The highest BCUT2D eigenvalue weighted by Crippen LogP contribution is 2.26. The highest BCUT2D eigenvalue weighted by Gasteiger charge is 2.28. The molecule has 1 heterocycles. The number of nitrogens with zero attached hydrogens (tertiary/aromatic N) is 3. The standard InChI is InChI=1S/C30H33N3O2/c1-20(2)17-18-32(29(34)24-11-7-6-8-12-24)23(5)28-31-26-14-10-9-13-25(26)30(35)33(28)27-16-15-21(3)19-22(27)4/h6-16,19-20,23H,17-18H2,1-5H3. The van der Waals surface area contributed by atoms with Crippen molar-refractivity contribution in [2.75, 3.05) is 6.54 Å². The third kappa shape index (κ3) is 5.04. The van der Waals surface area contributed by atoms with E-state index in [1.165, 1.54) is 0 Å². The van der Waals surface area contributed by atoms with Gasteiger partial charge in [-0.15, -0.1) is 0 Å². The van der Waals surface area contributed by atoms with Crippen molar-refractivity contribution < 1.29 is 4.79 Å². The number of hydrogen-bond acceptors (Lipinski definition) is 3. The summed E-state index contributed by atoms with van der Waals surface area (Å²) in [6.45, 7) is 10.9.